The van der Waals surface area contributed by atoms with Gasteiger partial charge < -0.3 is 14.8 Å². The van der Waals surface area contributed by atoms with E-state index in [1.165, 1.54) is 11.8 Å². The lowest BCUT2D eigenvalue weighted by Crippen LogP contribution is -2.36. The minimum Gasteiger partial charge on any atom is -0.485 e. The monoisotopic (exact) mass is 452 g/mol. The Morgan fingerprint density at radius 2 is 2.00 bits per heavy atom. The molecule has 1 N–H and O–H groups in total. The lowest BCUT2D eigenvalue weighted by Gasteiger charge is -2.16. The minimum absolute atomic E-state index is 0.0363. The van der Waals surface area contributed by atoms with Gasteiger partial charge in [0.1, 0.15) is 12.4 Å². The standard InChI is InChI=1S/C24H28N4O3S/c1-17-9-6-7-13-21(17)31-16-22-26-27-24(28(22)19-10-4-3-5-11-19)32-18(2)23(29)25-15-20-12-8-14-30-20/h3-7,9-11,13,18,20H,8,12,14-16H2,1-2H3,(H,25,29)/t18-,20+/m0/s1. The number of rotatable bonds is 9. The van der Waals surface area contributed by atoms with Gasteiger partial charge in [-0.1, -0.05) is 48.2 Å². The molecule has 8 heteroatoms. The van der Waals surface area contributed by atoms with E-state index in [-0.39, 0.29) is 23.9 Å². The number of benzene rings is 2. The molecular formula is C24H28N4O3S. The molecule has 0 unspecified atom stereocenters. The molecule has 7 nitrogen and oxygen atoms in total. The Bertz CT molecular complexity index is 1030. The Labute approximate surface area is 192 Å². The number of hydrogen-bond donors (Lipinski definition) is 1. The van der Waals surface area contributed by atoms with Gasteiger partial charge in [-0.25, -0.2) is 0 Å². The molecule has 32 heavy (non-hydrogen) atoms. The third-order valence-corrected chi connectivity index (χ3v) is 6.39. The number of aromatic nitrogens is 3. The Kier molecular flexibility index (Phi) is 7.44. The number of nitrogens with zero attached hydrogens (tertiary/aromatic N) is 3. The van der Waals surface area contributed by atoms with Crippen LogP contribution < -0.4 is 10.1 Å². The van der Waals surface area contributed by atoms with Crippen LogP contribution in [-0.2, 0) is 16.1 Å². The molecular weight excluding hydrogens is 424 g/mol. The van der Waals surface area contributed by atoms with Gasteiger partial charge in [-0.05, 0) is 50.5 Å². The smallest absolute Gasteiger partial charge is 0.233 e. The fraction of sp³-hybridized carbons (Fsp3) is 0.375. The summed E-state index contributed by atoms with van der Waals surface area (Å²) >= 11 is 1.38. The van der Waals surface area contributed by atoms with Crippen LogP contribution in [0.25, 0.3) is 5.69 Å². The first-order chi connectivity index (χ1) is 15.6. The summed E-state index contributed by atoms with van der Waals surface area (Å²) in [7, 11) is 0. The van der Waals surface area contributed by atoms with Gasteiger partial charge in [0.2, 0.25) is 5.91 Å². The molecule has 1 aromatic heterocycles. The van der Waals surface area contributed by atoms with Gasteiger partial charge in [0, 0.05) is 18.8 Å². The van der Waals surface area contributed by atoms with E-state index in [0.29, 0.717) is 17.5 Å². The minimum atomic E-state index is -0.326. The number of thioether (sulfide) groups is 1. The van der Waals surface area contributed by atoms with E-state index in [0.717, 1.165) is 36.4 Å². The predicted octanol–water partition coefficient (Wildman–Crippen LogP) is 3.93. The summed E-state index contributed by atoms with van der Waals surface area (Å²) in [6.45, 7) is 5.48. The van der Waals surface area contributed by atoms with E-state index in [9.17, 15) is 4.79 Å². The molecule has 1 aliphatic heterocycles. The lowest BCUT2D eigenvalue weighted by atomic mass is 10.2. The van der Waals surface area contributed by atoms with Crippen molar-refractivity contribution >= 4 is 17.7 Å². The molecule has 1 aliphatic rings. The molecule has 4 rings (SSSR count). The molecule has 3 aromatic rings. The molecule has 0 bridgehead atoms. The number of nitrogens with one attached hydrogen (secondary N) is 1. The zero-order chi connectivity index (χ0) is 22.3. The van der Waals surface area contributed by atoms with E-state index < -0.39 is 0 Å². The number of amides is 1. The van der Waals surface area contributed by atoms with Crippen LogP contribution in [0.5, 0.6) is 5.75 Å². The molecule has 0 saturated carbocycles. The summed E-state index contributed by atoms with van der Waals surface area (Å²) in [5.41, 5.74) is 1.99. The van der Waals surface area contributed by atoms with Crippen molar-refractivity contribution in [2.24, 2.45) is 0 Å². The first-order valence-electron chi connectivity index (χ1n) is 10.9. The fourth-order valence-corrected chi connectivity index (χ4v) is 4.45. The third kappa shape index (κ3) is 5.49. The molecule has 2 heterocycles. The summed E-state index contributed by atoms with van der Waals surface area (Å²) in [4.78, 5) is 12.6. The van der Waals surface area contributed by atoms with Gasteiger partial charge in [-0.15, -0.1) is 10.2 Å². The number of ether oxygens (including phenoxy) is 2. The zero-order valence-electron chi connectivity index (χ0n) is 18.4. The Hall–Kier alpha value is -2.84. The summed E-state index contributed by atoms with van der Waals surface area (Å²) in [5.74, 6) is 1.45. The van der Waals surface area contributed by atoms with Crippen molar-refractivity contribution < 1.29 is 14.3 Å². The molecule has 168 valence electrons. The molecule has 2 aromatic carbocycles. The van der Waals surface area contributed by atoms with Crippen LogP contribution in [0.3, 0.4) is 0 Å². The van der Waals surface area contributed by atoms with Gasteiger partial charge in [0.25, 0.3) is 0 Å². The van der Waals surface area contributed by atoms with Gasteiger partial charge in [0.05, 0.1) is 11.4 Å². The van der Waals surface area contributed by atoms with Crippen molar-refractivity contribution in [2.75, 3.05) is 13.2 Å². The van der Waals surface area contributed by atoms with Crippen molar-refractivity contribution in [3.63, 3.8) is 0 Å². The van der Waals surface area contributed by atoms with Gasteiger partial charge in [-0.3, -0.25) is 9.36 Å². The van der Waals surface area contributed by atoms with E-state index in [2.05, 4.69) is 15.5 Å². The normalized spacial score (nSPS) is 16.6. The SMILES string of the molecule is Cc1ccccc1OCc1nnc(S[C@@H](C)C(=O)NC[C@H]2CCCO2)n1-c1ccccc1. The average molecular weight is 453 g/mol. The van der Waals surface area contributed by atoms with Crippen LogP contribution in [0, 0.1) is 6.92 Å². The highest BCUT2D eigenvalue weighted by Crippen LogP contribution is 2.27. The second-order valence-corrected chi connectivity index (χ2v) is 9.07. The average Bonchev–Trinajstić information content (AvgIpc) is 3.47. The Morgan fingerprint density at radius 1 is 1.22 bits per heavy atom. The first kappa shape index (κ1) is 22.4. The number of para-hydroxylation sites is 2. The van der Waals surface area contributed by atoms with Crippen molar-refractivity contribution in [2.45, 2.75) is 49.8 Å². The second kappa shape index (κ2) is 10.7. The van der Waals surface area contributed by atoms with Crippen LogP contribution in [-0.4, -0.2) is 45.2 Å². The number of aryl methyl sites for hydroxylation is 1. The highest BCUT2D eigenvalue weighted by molar-refractivity contribution is 8.00. The molecule has 1 fully saturated rings. The predicted molar refractivity (Wildman–Crippen MR) is 124 cm³/mol. The largest absolute Gasteiger partial charge is 0.485 e. The molecule has 0 radical (unpaired) electrons. The topological polar surface area (TPSA) is 78.3 Å². The molecule has 1 amide bonds. The maximum atomic E-state index is 12.6. The fourth-order valence-electron chi connectivity index (χ4n) is 3.54. The third-order valence-electron chi connectivity index (χ3n) is 5.34. The summed E-state index contributed by atoms with van der Waals surface area (Å²) in [5, 5.41) is 12.1. The van der Waals surface area contributed by atoms with E-state index in [1.807, 2.05) is 73.0 Å². The van der Waals surface area contributed by atoms with Crippen molar-refractivity contribution in [3.05, 3.63) is 66.0 Å². The van der Waals surface area contributed by atoms with E-state index in [4.69, 9.17) is 9.47 Å². The summed E-state index contributed by atoms with van der Waals surface area (Å²) in [6, 6.07) is 17.8. The van der Waals surface area contributed by atoms with Gasteiger partial charge in [0.15, 0.2) is 11.0 Å². The van der Waals surface area contributed by atoms with Crippen LogP contribution >= 0.6 is 11.8 Å². The Morgan fingerprint density at radius 3 is 2.75 bits per heavy atom. The van der Waals surface area contributed by atoms with Crippen LogP contribution in [0.15, 0.2) is 59.8 Å². The number of carbonyl (C=O) groups excluding carboxylic acids is 1. The molecule has 1 saturated heterocycles. The maximum Gasteiger partial charge on any atom is 0.233 e. The van der Waals surface area contributed by atoms with E-state index in [1.54, 1.807) is 0 Å². The number of carbonyl (C=O) groups is 1. The van der Waals surface area contributed by atoms with E-state index >= 15 is 0 Å². The Balaban J connectivity index is 1.48. The molecule has 0 aliphatic carbocycles. The van der Waals surface area contributed by atoms with Gasteiger partial charge >= 0.3 is 0 Å². The van der Waals surface area contributed by atoms with Crippen molar-refractivity contribution in [3.8, 4) is 11.4 Å². The quantitative estimate of drug-likeness (QED) is 0.496. The van der Waals surface area contributed by atoms with Crippen molar-refractivity contribution in [1.82, 2.24) is 20.1 Å². The second-order valence-electron chi connectivity index (χ2n) is 7.76. The number of hydrogen-bond acceptors (Lipinski definition) is 6. The van der Waals surface area contributed by atoms with Crippen LogP contribution in [0.2, 0.25) is 0 Å². The first-order valence-corrected chi connectivity index (χ1v) is 11.7. The zero-order valence-corrected chi connectivity index (χ0v) is 19.2. The van der Waals surface area contributed by atoms with Crippen LogP contribution in [0.1, 0.15) is 31.2 Å². The van der Waals surface area contributed by atoms with Crippen molar-refractivity contribution in [1.29, 1.82) is 0 Å². The maximum absolute atomic E-state index is 12.6. The van der Waals surface area contributed by atoms with Crippen LogP contribution in [0.4, 0.5) is 0 Å². The molecule has 2 atom stereocenters. The highest BCUT2D eigenvalue weighted by atomic mass is 32.2. The highest BCUT2D eigenvalue weighted by Gasteiger charge is 2.23. The summed E-state index contributed by atoms with van der Waals surface area (Å²) < 4.78 is 13.6. The lowest BCUT2D eigenvalue weighted by molar-refractivity contribution is -0.120. The summed E-state index contributed by atoms with van der Waals surface area (Å²) in [6.07, 6.45) is 2.17. The van der Waals surface area contributed by atoms with Gasteiger partial charge in [-0.2, -0.15) is 0 Å². The molecule has 0 spiro atoms.